The lowest BCUT2D eigenvalue weighted by molar-refractivity contribution is 0.102. The van der Waals surface area contributed by atoms with E-state index in [1.807, 2.05) is 6.92 Å². The first kappa shape index (κ1) is 14.1. The topological polar surface area (TPSA) is 42.4 Å². The van der Waals surface area contributed by atoms with Crippen molar-refractivity contribution in [3.05, 3.63) is 10.6 Å². The highest BCUT2D eigenvalue weighted by Gasteiger charge is 2.19. The highest BCUT2D eigenvalue weighted by molar-refractivity contribution is 7.17. The van der Waals surface area contributed by atoms with Crippen molar-refractivity contribution in [3.63, 3.8) is 0 Å². The predicted molar refractivity (Wildman–Crippen MR) is 71.2 cm³/mol. The summed E-state index contributed by atoms with van der Waals surface area (Å²) in [5, 5.41) is 0.903. The van der Waals surface area contributed by atoms with Crippen molar-refractivity contribution in [1.29, 1.82) is 0 Å². The van der Waals surface area contributed by atoms with Gasteiger partial charge in [-0.3, -0.25) is 4.79 Å². The maximum absolute atomic E-state index is 11.4. The van der Waals surface area contributed by atoms with Gasteiger partial charge in [0.05, 0.1) is 23.2 Å². The second-order valence-corrected chi connectivity index (χ2v) is 5.04. The normalized spacial score (nSPS) is 12.5. The standard InChI is InChI=1S/C12H20N2O2S/c1-6-14(8(2)7-16-5)12-13-9(3)11(17-12)10(4)15/h8H,6-7H2,1-5H3. The monoisotopic (exact) mass is 256 g/mol. The molecule has 0 bridgehead atoms. The van der Waals surface area contributed by atoms with Crippen LogP contribution in [0.5, 0.6) is 0 Å². The molecule has 0 radical (unpaired) electrons. The number of aryl methyl sites for hydroxylation is 1. The SMILES string of the molecule is CCN(c1nc(C)c(C(C)=O)s1)C(C)COC. The molecule has 5 heteroatoms. The molecule has 4 nitrogen and oxygen atoms in total. The molecule has 17 heavy (non-hydrogen) atoms. The minimum Gasteiger partial charge on any atom is -0.383 e. The first-order valence-electron chi connectivity index (χ1n) is 5.75. The van der Waals surface area contributed by atoms with Crippen LogP contribution in [0.2, 0.25) is 0 Å². The molecule has 0 aliphatic heterocycles. The quantitative estimate of drug-likeness (QED) is 0.733. The molecule has 1 aromatic rings. The fraction of sp³-hybridized carbons (Fsp3) is 0.667. The van der Waals surface area contributed by atoms with Crippen molar-refractivity contribution in [2.75, 3.05) is 25.2 Å². The third-order valence-corrected chi connectivity index (χ3v) is 3.93. The first-order chi connectivity index (χ1) is 8.01. The van der Waals surface area contributed by atoms with Crippen LogP contribution in [0.15, 0.2) is 0 Å². The Labute approximate surface area is 107 Å². The van der Waals surface area contributed by atoms with Crippen LogP contribution in [0.1, 0.15) is 36.1 Å². The zero-order chi connectivity index (χ0) is 13.0. The van der Waals surface area contributed by atoms with Crippen LogP contribution in [0.4, 0.5) is 5.13 Å². The zero-order valence-electron chi connectivity index (χ0n) is 11.1. The summed E-state index contributed by atoms with van der Waals surface area (Å²) in [5.74, 6) is 0.0849. The van der Waals surface area contributed by atoms with Crippen LogP contribution >= 0.6 is 11.3 Å². The van der Waals surface area contributed by atoms with Gasteiger partial charge < -0.3 is 9.64 Å². The summed E-state index contributed by atoms with van der Waals surface area (Å²) in [6, 6.07) is 0.260. The van der Waals surface area contributed by atoms with Gasteiger partial charge in [0, 0.05) is 20.6 Å². The predicted octanol–water partition coefficient (Wildman–Crippen LogP) is 2.52. The summed E-state index contributed by atoms with van der Waals surface area (Å²) in [6.45, 7) is 9.15. The fourth-order valence-corrected chi connectivity index (χ4v) is 2.93. The van der Waals surface area contributed by atoms with Crippen molar-refractivity contribution in [2.24, 2.45) is 0 Å². The minimum absolute atomic E-state index is 0.0849. The number of hydrogen-bond acceptors (Lipinski definition) is 5. The molecule has 0 spiro atoms. The Bertz CT molecular complexity index is 390. The molecule has 0 N–H and O–H groups in total. The number of anilines is 1. The third kappa shape index (κ3) is 3.26. The molecule has 1 atom stereocenters. The van der Waals surface area contributed by atoms with Crippen LogP contribution in [-0.2, 0) is 4.74 Å². The Hall–Kier alpha value is -0.940. The highest BCUT2D eigenvalue weighted by atomic mass is 32.1. The van der Waals surface area contributed by atoms with Gasteiger partial charge in [0.15, 0.2) is 10.9 Å². The zero-order valence-corrected chi connectivity index (χ0v) is 11.9. The van der Waals surface area contributed by atoms with E-state index in [1.54, 1.807) is 14.0 Å². The van der Waals surface area contributed by atoms with Gasteiger partial charge in [0.25, 0.3) is 0 Å². The van der Waals surface area contributed by atoms with Gasteiger partial charge in [-0.25, -0.2) is 4.98 Å². The van der Waals surface area contributed by atoms with E-state index in [1.165, 1.54) is 11.3 Å². The molecule has 0 amide bonds. The number of hydrogen-bond donors (Lipinski definition) is 0. The highest BCUT2D eigenvalue weighted by Crippen LogP contribution is 2.27. The molecule has 0 aliphatic carbocycles. The van der Waals surface area contributed by atoms with Crippen molar-refractivity contribution < 1.29 is 9.53 Å². The molecule has 1 aromatic heterocycles. The van der Waals surface area contributed by atoms with Crippen LogP contribution in [0.25, 0.3) is 0 Å². The number of Topliss-reactive ketones (excluding diaryl/α,β-unsaturated/α-hetero) is 1. The Kier molecular flexibility index (Phi) is 5.08. The number of carbonyl (C=O) groups is 1. The van der Waals surface area contributed by atoms with Gasteiger partial charge >= 0.3 is 0 Å². The van der Waals surface area contributed by atoms with Crippen molar-refractivity contribution in [1.82, 2.24) is 4.98 Å². The van der Waals surface area contributed by atoms with Crippen LogP contribution in [0, 0.1) is 6.92 Å². The second-order valence-electron chi connectivity index (χ2n) is 4.06. The van der Waals surface area contributed by atoms with Crippen LogP contribution in [0.3, 0.4) is 0 Å². The Morgan fingerprint density at radius 2 is 2.24 bits per heavy atom. The molecule has 1 heterocycles. The Morgan fingerprint density at radius 1 is 1.59 bits per heavy atom. The molecule has 0 saturated heterocycles. The summed E-state index contributed by atoms with van der Waals surface area (Å²) >= 11 is 1.46. The summed E-state index contributed by atoms with van der Waals surface area (Å²) < 4.78 is 5.16. The number of rotatable bonds is 6. The van der Waals surface area contributed by atoms with Gasteiger partial charge in [0.1, 0.15) is 0 Å². The first-order valence-corrected chi connectivity index (χ1v) is 6.56. The number of likely N-dealkylation sites (N-methyl/N-ethyl adjacent to an activating group) is 1. The summed E-state index contributed by atoms with van der Waals surface area (Å²) in [5.41, 5.74) is 0.820. The fourth-order valence-electron chi connectivity index (χ4n) is 1.80. The molecule has 0 saturated carbocycles. The van der Waals surface area contributed by atoms with E-state index in [2.05, 4.69) is 23.7 Å². The molecule has 96 valence electrons. The van der Waals surface area contributed by atoms with E-state index >= 15 is 0 Å². The van der Waals surface area contributed by atoms with Gasteiger partial charge in [-0.15, -0.1) is 0 Å². The molecule has 1 rings (SSSR count). The number of ketones is 1. The number of nitrogens with zero attached hydrogens (tertiary/aromatic N) is 2. The molecule has 0 fully saturated rings. The van der Waals surface area contributed by atoms with Crippen LogP contribution in [-0.4, -0.2) is 37.1 Å². The lowest BCUT2D eigenvalue weighted by atomic mass is 10.3. The maximum atomic E-state index is 11.4. The summed E-state index contributed by atoms with van der Waals surface area (Å²) in [7, 11) is 1.69. The molecular weight excluding hydrogens is 236 g/mol. The molecule has 0 aromatic carbocycles. The van der Waals surface area contributed by atoms with Gasteiger partial charge in [-0.2, -0.15) is 0 Å². The second kappa shape index (κ2) is 6.12. The van der Waals surface area contributed by atoms with E-state index in [9.17, 15) is 4.79 Å². The largest absolute Gasteiger partial charge is 0.383 e. The minimum atomic E-state index is 0.0849. The average molecular weight is 256 g/mol. The Balaban J connectivity index is 2.96. The van der Waals surface area contributed by atoms with Crippen LogP contribution < -0.4 is 4.90 Å². The average Bonchev–Trinajstić information content (AvgIpc) is 2.62. The number of ether oxygens (including phenoxy) is 1. The number of methoxy groups -OCH3 is 1. The maximum Gasteiger partial charge on any atom is 0.186 e. The van der Waals surface area contributed by atoms with Crippen molar-refractivity contribution >= 4 is 22.3 Å². The van der Waals surface area contributed by atoms with E-state index in [4.69, 9.17) is 4.74 Å². The van der Waals surface area contributed by atoms with Gasteiger partial charge in [-0.1, -0.05) is 11.3 Å². The molecular formula is C12H20N2O2S. The smallest absolute Gasteiger partial charge is 0.186 e. The lowest BCUT2D eigenvalue weighted by Crippen LogP contribution is -2.36. The Morgan fingerprint density at radius 3 is 2.65 bits per heavy atom. The van der Waals surface area contributed by atoms with E-state index in [0.717, 1.165) is 22.2 Å². The summed E-state index contributed by atoms with van der Waals surface area (Å²) in [4.78, 5) is 18.8. The summed E-state index contributed by atoms with van der Waals surface area (Å²) in [6.07, 6.45) is 0. The molecule has 1 unspecified atom stereocenters. The number of aromatic nitrogens is 1. The van der Waals surface area contributed by atoms with Gasteiger partial charge in [0.2, 0.25) is 0 Å². The van der Waals surface area contributed by atoms with E-state index in [0.29, 0.717) is 6.61 Å². The number of carbonyl (C=O) groups excluding carboxylic acids is 1. The molecule has 0 aliphatic rings. The van der Waals surface area contributed by atoms with E-state index in [-0.39, 0.29) is 11.8 Å². The lowest BCUT2D eigenvalue weighted by Gasteiger charge is -2.26. The number of thiazole rings is 1. The van der Waals surface area contributed by atoms with E-state index < -0.39 is 0 Å². The van der Waals surface area contributed by atoms with Gasteiger partial charge in [-0.05, 0) is 20.8 Å². The third-order valence-electron chi connectivity index (χ3n) is 2.63. The van der Waals surface area contributed by atoms with Crippen molar-refractivity contribution in [2.45, 2.75) is 33.7 Å². The van der Waals surface area contributed by atoms with Crippen molar-refractivity contribution in [3.8, 4) is 0 Å².